The van der Waals surface area contributed by atoms with Crippen LogP contribution in [0.25, 0.3) is 0 Å². The summed E-state index contributed by atoms with van der Waals surface area (Å²) in [6.07, 6.45) is -9.42. The van der Waals surface area contributed by atoms with Gasteiger partial charge < -0.3 is 50.4 Å². The van der Waals surface area contributed by atoms with E-state index in [0.717, 1.165) is 6.92 Å². The minimum absolute atomic E-state index is 0. The van der Waals surface area contributed by atoms with Gasteiger partial charge in [0.15, 0.2) is 0 Å². The van der Waals surface area contributed by atoms with Crippen molar-refractivity contribution in [2.45, 2.75) is 37.4 Å². The third-order valence-corrected chi connectivity index (χ3v) is 1.84. The number of hydrogen-bond donors (Lipinski definition) is 6. The topological polar surface area (TPSA) is 202 Å². The summed E-state index contributed by atoms with van der Waals surface area (Å²) in [7, 11) is 0. The standard InChI is InChI=1S/C6H12O7.C3H6O3.Ca/c7-1-2(8)3(9)4(10)5(11)6(12)13;1-2(4)3(5)6;/h2-5,7-11H,1H2,(H,12,13);2,4H,1H3,(H,5,6);/q;;+2/p-2/t2-,3-,4+,5-;;/m0../s1. The fourth-order valence-electron chi connectivity index (χ4n) is 0.662. The predicted octanol–water partition coefficient (Wildman–Crippen LogP) is -7.09. The van der Waals surface area contributed by atoms with E-state index in [4.69, 9.17) is 30.6 Å². The van der Waals surface area contributed by atoms with Crippen LogP contribution in [-0.2, 0) is 9.59 Å². The number of carboxylic acids is 2. The van der Waals surface area contributed by atoms with Gasteiger partial charge in [-0.15, -0.1) is 0 Å². The molecule has 0 spiro atoms. The number of carbonyl (C=O) groups is 2. The van der Waals surface area contributed by atoms with Gasteiger partial charge in [0.05, 0.1) is 24.6 Å². The summed E-state index contributed by atoms with van der Waals surface area (Å²) in [4.78, 5) is 19.3. The van der Waals surface area contributed by atoms with Crippen molar-refractivity contribution < 1.29 is 50.4 Å². The van der Waals surface area contributed by atoms with Gasteiger partial charge in [0, 0.05) is 0 Å². The molecule has 0 rings (SSSR count). The molecule has 0 aromatic rings. The SMILES string of the molecule is CC(O)C(=O)[O-].O=C([O-])[C@@H](O)[C@H](O)[C@@H](O)[C@@H](O)CO.[Ca+2]. The molecule has 10 nitrogen and oxygen atoms in total. The van der Waals surface area contributed by atoms with E-state index in [-0.39, 0.29) is 37.7 Å². The summed E-state index contributed by atoms with van der Waals surface area (Å²) in [5.41, 5.74) is 0. The summed E-state index contributed by atoms with van der Waals surface area (Å²) in [5.74, 6) is -3.41. The summed E-state index contributed by atoms with van der Waals surface area (Å²) in [6, 6.07) is 0. The molecule has 20 heavy (non-hydrogen) atoms. The van der Waals surface area contributed by atoms with Crippen LogP contribution in [0.4, 0.5) is 0 Å². The van der Waals surface area contributed by atoms with E-state index in [2.05, 4.69) is 0 Å². The molecule has 5 atom stereocenters. The monoisotopic (exact) mass is 324 g/mol. The quantitative estimate of drug-likeness (QED) is 0.255. The Hall–Kier alpha value is -0.0403. The molecule has 0 aliphatic rings. The van der Waals surface area contributed by atoms with Gasteiger partial charge in [0.25, 0.3) is 0 Å². The third-order valence-electron chi connectivity index (χ3n) is 1.84. The normalized spacial score (nSPS) is 17.4. The number of hydrogen-bond acceptors (Lipinski definition) is 10. The first-order valence-corrected chi connectivity index (χ1v) is 4.99. The molecule has 0 heterocycles. The molecule has 1 unspecified atom stereocenters. The maximum absolute atomic E-state index is 9.98. The molecule has 0 aromatic carbocycles. The van der Waals surface area contributed by atoms with E-state index in [9.17, 15) is 19.8 Å². The summed E-state index contributed by atoms with van der Waals surface area (Å²) < 4.78 is 0. The molecule has 0 saturated carbocycles. The molecule has 0 fully saturated rings. The molecule has 0 bridgehead atoms. The molecule has 0 saturated heterocycles. The van der Waals surface area contributed by atoms with Crippen LogP contribution >= 0.6 is 0 Å². The summed E-state index contributed by atoms with van der Waals surface area (Å²) in [6.45, 7) is 0.271. The number of aliphatic carboxylic acids is 2. The minimum Gasteiger partial charge on any atom is -0.547 e. The molecule has 114 valence electrons. The van der Waals surface area contributed by atoms with Gasteiger partial charge in [-0.25, -0.2) is 0 Å². The maximum Gasteiger partial charge on any atom is 2.00 e. The first kappa shape index (κ1) is 24.9. The van der Waals surface area contributed by atoms with Crippen molar-refractivity contribution in [1.82, 2.24) is 0 Å². The summed E-state index contributed by atoms with van der Waals surface area (Å²) in [5, 5.41) is 70.7. The van der Waals surface area contributed by atoms with Gasteiger partial charge in [-0.05, 0) is 6.92 Å². The third kappa shape index (κ3) is 10.7. The molecular formula is C9H16CaO10. The average Bonchev–Trinajstić information content (AvgIpc) is 2.35. The van der Waals surface area contributed by atoms with Crippen LogP contribution in [0.2, 0.25) is 0 Å². The molecule has 0 aliphatic carbocycles. The number of carbonyl (C=O) groups excluding carboxylic acids is 2. The Morgan fingerprint density at radius 3 is 1.50 bits per heavy atom. The van der Waals surface area contributed by atoms with Crippen LogP contribution in [-0.4, -0.2) is 117 Å². The van der Waals surface area contributed by atoms with E-state index in [1.54, 1.807) is 0 Å². The Labute approximate surface area is 143 Å². The Kier molecular flexibility index (Phi) is 15.8. The molecule has 6 N–H and O–H groups in total. The first-order valence-electron chi connectivity index (χ1n) is 4.99. The van der Waals surface area contributed by atoms with E-state index in [1.807, 2.05) is 0 Å². The van der Waals surface area contributed by atoms with E-state index in [0.29, 0.717) is 0 Å². The van der Waals surface area contributed by atoms with Gasteiger partial charge in [-0.3, -0.25) is 0 Å². The van der Waals surface area contributed by atoms with E-state index in [1.165, 1.54) is 0 Å². The Morgan fingerprint density at radius 1 is 0.950 bits per heavy atom. The Balaban J connectivity index is -0.000000352. The molecule has 0 aliphatic heterocycles. The predicted molar refractivity (Wildman–Crippen MR) is 58.6 cm³/mol. The fourth-order valence-corrected chi connectivity index (χ4v) is 0.662. The smallest absolute Gasteiger partial charge is 0.547 e. The fraction of sp³-hybridized carbons (Fsp3) is 0.778. The summed E-state index contributed by atoms with van der Waals surface area (Å²) >= 11 is 0. The zero-order chi connectivity index (χ0) is 15.7. The Morgan fingerprint density at radius 2 is 1.30 bits per heavy atom. The Bertz CT molecular complexity index is 284. The van der Waals surface area contributed by atoms with Gasteiger partial charge in [-0.1, -0.05) is 0 Å². The zero-order valence-electron chi connectivity index (χ0n) is 10.6. The largest absolute Gasteiger partial charge is 2.00 e. The minimum atomic E-state index is -2.31. The molecule has 11 heteroatoms. The van der Waals surface area contributed by atoms with Gasteiger partial charge in [0.2, 0.25) is 0 Å². The number of rotatable bonds is 6. The number of aliphatic hydroxyl groups is 6. The van der Waals surface area contributed by atoms with Crippen LogP contribution in [0.1, 0.15) is 6.92 Å². The van der Waals surface area contributed by atoms with Gasteiger partial charge >= 0.3 is 37.7 Å². The van der Waals surface area contributed by atoms with Crippen molar-refractivity contribution in [3.05, 3.63) is 0 Å². The van der Waals surface area contributed by atoms with Crippen LogP contribution in [0.15, 0.2) is 0 Å². The van der Waals surface area contributed by atoms with Gasteiger partial charge in [0.1, 0.15) is 24.4 Å². The van der Waals surface area contributed by atoms with Crippen molar-refractivity contribution in [3.8, 4) is 0 Å². The van der Waals surface area contributed by atoms with Crippen molar-refractivity contribution in [2.75, 3.05) is 6.61 Å². The number of aliphatic hydroxyl groups excluding tert-OH is 6. The van der Waals surface area contributed by atoms with Crippen molar-refractivity contribution in [3.63, 3.8) is 0 Å². The van der Waals surface area contributed by atoms with Crippen LogP contribution < -0.4 is 10.2 Å². The molecule has 0 aromatic heterocycles. The van der Waals surface area contributed by atoms with Crippen molar-refractivity contribution >= 4 is 49.7 Å². The second-order valence-corrected chi connectivity index (χ2v) is 3.49. The second kappa shape index (κ2) is 12.7. The van der Waals surface area contributed by atoms with Crippen LogP contribution in [0.3, 0.4) is 0 Å². The molecule has 0 radical (unpaired) electrons. The van der Waals surface area contributed by atoms with E-state index < -0.39 is 49.1 Å². The van der Waals surface area contributed by atoms with Gasteiger partial charge in [-0.2, -0.15) is 0 Å². The first-order chi connectivity index (χ1) is 8.56. The molecule has 0 amide bonds. The van der Waals surface area contributed by atoms with Crippen molar-refractivity contribution in [1.29, 1.82) is 0 Å². The van der Waals surface area contributed by atoms with Crippen LogP contribution in [0, 0.1) is 0 Å². The average molecular weight is 324 g/mol. The molecular weight excluding hydrogens is 308 g/mol. The van der Waals surface area contributed by atoms with Crippen LogP contribution in [0.5, 0.6) is 0 Å². The zero-order valence-corrected chi connectivity index (χ0v) is 12.8. The van der Waals surface area contributed by atoms with E-state index >= 15 is 0 Å². The van der Waals surface area contributed by atoms with Crippen molar-refractivity contribution in [2.24, 2.45) is 0 Å². The number of carboxylic acid groups (broad SMARTS) is 2. The second-order valence-electron chi connectivity index (χ2n) is 3.49. The maximum atomic E-state index is 9.98.